The van der Waals surface area contributed by atoms with Crippen LogP contribution >= 0.6 is 47.9 Å². The fraction of sp³-hybridized carbons (Fsp3) is 0.600. The summed E-state index contributed by atoms with van der Waals surface area (Å²) in [5, 5.41) is 7.89. The second kappa shape index (κ2) is 23.4. The Balaban J connectivity index is 0. The summed E-state index contributed by atoms with van der Waals surface area (Å²) in [6, 6.07) is 0. The molecule has 1 rings (SSSR count). The Morgan fingerprint density at radius 3 is 1.58 bits per heavy atom. The van der Waals surface area contributed by atoms with E-state index in [0.717, 1.165) is 35.3 Å². The first-order chi connectivity index (χ1) is 16.9. The van der Waals surface area contributed by atoms with Crippen LogP contribution in [0.1, 0.15) is 38.5 Å². The number of ether oxygens (including phenoxy) is 3. The van der Waals surface area contributed by atoms with Crippen LogP contribution in [0.4, 0.5) is 0 Å². The predicted octanol–water partition coefficient (Wildman–Crippen LogP) is 1.52. The number of aliphatic carboxylic acids is 1. The van der Waals surface area contributed by atoms with Crippen LogP contribution in [-0.4, -0.2) is 87.5 Å². The maximum Gasteiger partial charge on any atom is 0.316 e. The molecule has 0 spiro atoms. The molecule has 1 N–H and O–H groups in total. The van der Waals surface area contributed by atoms with Crippen molar-refractivity contribution in [1.29, 1.82) is 0 Å². The Kier molecular flexibility index (Phi) is 23.4. The van der Waals surface area contributed by atoms with E-state index < -0.39 is 23.9 Å². The monoisotopic (exact) mass is 588 g/mol. The van der Waals surface area contributed by atoms with Gasteiger partial charge in [-0.15, -0.1) is 0 Å². The van der Waals surface area contributed by atoms with Crippen molar-refractivity contribution in [3.05, 3.63) is 0 Å². The van der Waals surface area contributed by atoms with Crippen molar-refractivity contribution in [2.75, 3.05) is 37.2 Å². The molecule has 1 aliphatic heterocycles. The molecule has 0 atom stereocenters. The molecule has 0 saturated carbocycles. The first-order valence-corrected chi connectivity index (χ1v) is 13.7. The van der Waals surface area contributed by atoms with Crippen LogP contribution < -0.4 is 0 Å². The quantitative estimate of drug-likeness (QED) is 0.145. The van der Waals surface area contributed by atoms with Gasteiger partial charge in [0.2, 0.25) is 0 Å². The van der Waals surface area contributed by atoms with Gasteiger partial charge < -0.3 is 19.3 Å². The van der Waals surface area contributed by atoms with Crippen LogP contribution in [0.25, 0.3) is 0 Å². The Morgan fingerprint density at radius 2 is 1.22 bits per heavy atom. The molecule has 0 aromatic carbocycles. The average molecular weight is 589 g/mol. The largest absolute Gasteiger partial charge is 0.481 e. The summed E-state index contributed by atoms with van der Waals surface area (Å²) in [5.74, 6) is -1.78. The molecule has 0 aromatic rings. The molecular weight excluding hydrogens is 560 g/mol. The van der Waals surface area contributed by atoms with Crippen LogP contribution in [0.2, 0.25) is 0 Å². The summed E-state index contributed by atoms with van der Waals surface area (Å²) >= 11 is 6.63. The van der Waals surface area contributed by atoms with Gasteiger partial charge in [-0.3, -0.25) is 38.4 Å². The number of carbonyl (C=O) groups is 8. The van der Waals surface area contributed by atoms with E-state index >= 15 is 0 Å². The van der Waals surface area contributed by atoms with Crippen molar-refractivity contribution < 1.29 is 57.7 Å². The van der Waals surface area contributed by atoms with Gasteiger partial charge in [0, 0.05) is 25.0 Å². The molecule has 0 unspecified atom stereocenters. The first-order valence-electron chi connectivity index (χ1n) is 10.1. The summed E-state index contributed by atoms with van der Waals surface area (Å²) in [7, 11) is 2.54. The highest BCUT2D eigenvalue weighted by Crippen LogP contribution is 2.13. The fourth-order valence-electron chi connectivity index (χ4n) is 1.59. The van der Waals surface area contributed by atoms with Crippen LogP contribution in [0.5, 0.6) is 0 Å². The highest BCUT2D eigenvalue weighted by Gasteiger charge is 2.19. The highest BCUT2D eigenvalue weighted by atomic mass is 32.2. The molecule has 16 heteroatoms. The lowest BCUT2D eigenvalue weighted by molar-refractivity contribution is -0.152. The number of thiol groups is 1. The average Bonchev–Trinajstić information content (AvgIpc) is 3.22. The van der Waals surface area contributed by atoms with Crippen LogP contribution in [0.15, 0.2) is 0 Å². The van der Waals surface area contributed by atoms with Crippen molar-refractivity contribution in [2.24, 2.45) is 0 Å². The summed E-state index contributed by atoms with van der Waals surface area (Å²) in [5.41, 5.74) is 0. The predicted molar refractivity (Wildman–Crippen MR) is 137 cm³/mol. The molecule has 0 radical (unpaired) electrons. The molecule has 36 heavy (non-hydrogen) atoms. The van der Waals surface area contributed by atoms with E-state index in [4.69, 9.17) is 5.11 Å². The number of rotatable bonds is 12. The maximum absolute atomic E-state index is 11.2. The third-order valence-electron chi connectivity index (χ3n) is 3.35. The molecule has 12 nitrogen and oxygen atoms in total. The zero-order valence-corrected chi connectivity index (χ0v) is 23.0. The number of carboxylic acid groups (broad SMARTS) is 1. The van der Waals surface area contributed by atoms with Gasteiger partial charge in [-0.25, -0.2) is 0 Å². The van der Waals surface area contributed by atoms with Crippen molar-refractivity contribution in [3.63, 3.8) is 0 Å². The van der Waals surface area contributed by atoms with Crippen molar-refractivity contribution in [2.45, 2.75) is 38.5 Å². The second-order valence-corrected chi connectivity index (χ2v) is 9.82. The number of thioether (sulfide) groups is 3. The lowest BCUT2D eigenvalue weighted by atomic mass is 10.3. The second-order valence-electron chi connectivity index (χ2n) is 6.16. The first kappa shape index (κ1) is 36.1. The van der Waals surface area contributed by atoms with E-state index in [2.05, 4.69) is 26.8 Å². The minimum Gasteiger partial charge on any atom is -0.481 e. The zero-order chi connectivity index (χ0) is 27.9. The lowest BCUT2D eigenvalue weighted by Gasteiger charge is -2.00. The van der Waals surface area contributed by atoms with Gasteiger partial charge in [-0.1, -0.05) is 35.3 Å². The van der Waals surface area contributed by atoms with Crippen LogP contribution in [-0.2, 0) is 52.6 Å². The SMILES string of the molecule is COC(=O)CSC(=O)CCS.COC(=O)CSC(=O)CCSC(=O)CCC(=O)O.O=C1CCC(=O)O1. The molecule has 204 valence electrons. The van der Waals surface area contributed by atoms with Crippen molar-refractivity contribution in [1.82, 2.24) is 0 Å². The minimum atomic E-state index is -1.02. The van der Waals surface area contributed by atoms with E-state index in [1.54, 1.807) is 0 Å². The van der Waals surface area contributed by atoms with E-state index in [0.29, 0.717) is 17.9 Å². The Morgan fingerprint density at radius 1 is 0.778 bits per heavy atom. The number of cyclic esters (lactones) is 2. The Bertz CT molecular complexity index is 771. The maximum atomic E-state index is 11.2. The number of methoxy groups -OCH3 is 2. The van der Waals surface area contributed by atoms with E-state index in [1.807, 2.05) is 0 Å². The van der Waals surface area contributed by atoms with Crippen LogP contribution in [0, 0.1) is 0 Å². The summed E-state index contributed by atoms with van der Waals surface area (Å²) in [4.78, 5) is 84.6. The van der Waals surface area contributed by atoms with Gasteiger partial charge in [-0.05, 0) is 5.75 Å². The van der Waals surface area contributed by atoms with Gasteiger partial charge in [-0.2, -0.15) is 12.6 Å². The van der Waals surface area contributed by atoms with Crippen LogP contribution in [0.3, 0.4) is 0 Å². The number of hydrogen-bond acceptors (Lipinski definition) is 15. The Hall–Kier alpha value is -2.04. The topological polar surface area (TPSA) is 184 Å². The normalized spacial score (nSPS) is 11.6. The van der Waals surface area contributed by atoms with E-state index in [9.17, 15) is 38.4 Å². The third kappa shape index (κ3) is 25.1. The molecule has 1 saturated heterocycles. The van der Waals surface area contributed by atoms with Crippen molar-refractivity contribution >= 4 is 93.1 Å². The molecule has 0 aromatic heterocycles. The van der Waals surface area contributed by atoms with E-state index in [1.165, 1.54) is 14.2 Å². The Labute approximate surface area is 226 Å². The summed E-state index contributed by atoms with van der Waals surface area (Å²) < 4.78 is 12.8. The number of hydrogen-bond donors (Lipinski definition) is 2. The van der Waals surface area contributed by atoms with Gasteiger partial charge in [0.15, 0.2) is 15.3 Å². The van der Waals surface area contributed by atoms with Gasteiger partial charge >= 0.3 is 29.8 Å². The fourth-order valence-corrected chi connectivity index (χ4v) is 4.13. The van der Waals surface area contributed by atoms with Gasteiger partial charge in [0.05, 0.1) is 45.0 Å². The summed E-state index contributed by atoms with van der Waals surface area (Å²) in [6.45, 7) is 0. The molecule has 0 amide bonds. The minimum absolute atomic E-state index is 0.0228. The molecular formula is C20H28O12S4. The smallest absolute Gasteiger partial charge is 0.316 e. The molecule has 0 bridgehead atoms. The van der Waals surface area contributed by atoms with Crippen molar-refractivity contribution in [3.8, 4) is 0 Å². The molecule has 0 aliphatic carbocycles. The lowest BCUT2D eigenvalue weighted by Crippen LogP contribution is -2.07. The van der Waals surface area contributed by atoms with Gasteiger partial charge in [0.1, 0.15) is 0 Å². The highest BCUT2D eigenvalue weighted by molar-refractivity contribution is 8.15. The summed E-state index contributed by atoms with van der Waals surface area (Å²) in [6.07, 6.45) is 0.841. The van der Waals surface area contributed by atoms with Gasteiger partial charge in [0.25, 0.3) is 0 Å². The standard InChI is InChI=1S/C10H14O6S2.C6H10O3S2.C4H4O3/c1-16-8(13)6-18-10(15)4-5-17-9(14)3-2-7(11)12;1-9-5(7)4-11-6(8)2-3-10;5-3-1-2-4(6)7-3/h2-6H2,1H3,(H,11,12);10H,2-4H2,1H3;1-2H2. The number of esters is 4. The molecule has 1 aliphatic rings. The molecule has 1 heterocycles. The number of carboxylic acids is 1. The van der Waals surface area contributed by atoms with E-state index in [-0.39, 0.29) is 64.9 Å². The number of carbonyl (C=O) groups excluding carboxylic acids is 7. The zero-order valence-electron chi connectivity index (χ0n) is 19.7. The third-order valence-corrected chi connectivity index (χ3v) is 6.32. The molecule has 1 fully saturated rings.